The zero-order chi connectivity index (χ0) is 28.2. The fourth-order valence-corrected chi connectivity index (χ4v) is 3.10. The van der Waals surface area contributed by atoms with Crippen molar-refractivity contribution in [1.82, 2.24) is 30.7 Å². The first-order chi connectivity index (χ1) is 17.6. The largest absolute Gasteiger partial charge is 0.353 e. The van der Waals surface area contributed by atoms with Gasteiger partial charge in [-0.05, 0) is 25.5 Å². The lowest BCUT2D eigenvalue weighted by Crippen LogP contribution is -2.47. The third kappa shape index (κ3) is 15.1. The van der Waals surface area contributed by atoms with Gasteiger partial charge in [0.15, 0.2) is 5.78 Å². The summed E-state index contributed by atoms with van der Waals surface area (Å²) in [6.07, 6.45) is -0.545. The lowest BCUT2D eigenvalue weighted by atomic mass is 10.0. The minimum Gasteiger partial charge on any atom is -0.353 e. The van der Waals surface area contributed by atoms with Gasteiger partial charge in [-0.15, -0.1) is 0 Å². The molecule has 0 saturated carbocycles. The fourth-order valence-electron chi connectivity index (χ4n) is 3.10. The lowest BCUT2D eigenvalue weighted by Gasteiger charge is -2.24. The second kappa shape index (κ2) is 20.3. The molecule has 0 aliphatic heterocycles. The van der Waals surface area contributed by atoms with Crippen LogP contribution in [0.1, 0.15) is 20.3 Å². The van der Waals surface area contributed by atoms with Gasteiger partial charge in [0.2, 0.25) is 29.5 Å². The molecule has 0 aromatic heterocycles. The van der Waals surface area contributed by atoms with Gasteiger partial charge in [0, 0.05) is 45.7 Å². The van der Waals surface area contributed by atoms with Crippen LogP contribution >= 0.6 is 0 Å². The summed E-state index contributed by atoms with van der Waals surface area (Å²) in [7, 11) is 16.2. The molecule has 0 rings (SSSR count). The average Bonchev–Trinajstić information content (AvgIpc) is 2.89. The van der Waals surface area contributed by atoms with Crippen LogP contribution in [0.2, 0.25) is 19.0 Å². The number of amides is 5. The van der Waals surface area contributed by atoms with E-state index in [4.69, 9.17) is 23.5 Å². The summed E-state index contributed by atoms with van der Waals surface area (Å²) in [5.41, 5.74) is 0. The van der Waals surface area contributed by atoms with Crippen molar-refractivity contribution in [3.05, 3.63) is 0 Å². The van der Waals surface area contributed by atoms with Crippen LogP contribution in [0.3, 0.4) is 0 Å². The van der Waals surface area contributed by atoms with Crippen molar-refractivity contribution in [1.29, 1.82) is 0 Å². The standard InChI is InChI=1S/C22H37B3N6O6/c1-3-17(32)14-29(20(35)11-23)9-6-27-19(34)16-31(22(37)13-25)10-7-28-18(33)15-30(21(36)12-24)8-5-26-4-2/h26H,3-16H2,1-2H3,(H,27,34)(H,28,33). The molecule has 15 heteroatoms. The van der Waals surface area contributed by atoms with Crippen molar-refractivity contribution in [2.45, 2.75) is 39.2 Å². The minimum atomic E-state index is -0.502. The molecule has 0 bridgehead atoms. The number of ketones is 1. The molecule has 0 aromatic rings. The Morgan fingerprint density at radius 2 is 0.973 bits per heavy atom. The molecule has 12 nitrogen and oxygen atoms in total. The summed E-state index contributed by atoms with van der Waals surface area (Å²) in [5, 5.41) is 8.28. The SMILES string of the molecule is [B]CC(=O)N(CCNC(=O)CN(CCNC(=O)CN(CCNCC)C(=O)C[B])C(=O)C[B])CC(=O)CC. The van der Waals surface area contributed by atoms with Crippen molar-refractivity contribution >= 4 is 58.9 Å². The predicted molar refractivity (Wildman–Crippen MR) is 141 cm³/mol. The van der Waals surface area contributed by atoms with E-state index in [9.17, 15) is 28.8 Å². The summed E-state index contributed by atoms with van der Waals surface area (Å²) in [6.45, 7) is 4.74. The van der Waals surface area contributed by atoms with E-state index in [1.54, 1.807) is 6.92 Å². The van der Waals surface area contributed by atoms with Crippen molar-refractivity contribution in [2.75, 3.05) is 65.4 Å². The van der Waals surface area contributed by atoms with E-state index in [-0.39, 0.29) is 82.9 Å². The molecule has 0 aliphatic rings. The van der Waals surface area contributed by atoms with Gasteiger partial charge in [-0.2, -0.15) is 0 Å². The number of carbonyl (C=O) groups is 6. The molecular formula is C22H37B3N6O6. The van der Waals surface area contributed by atoms with Crippen LogP contribution in [-0.4, -0.2) is 139 Å². The van der Waals surface area contributed by atoms with Gasteiger partial charge in [-0.1, -0.05) is 13.8 Å². The number of Topliss-reactive ketones (excluding diaryl/α,β-unsaturated/α-hetero) is 1. The topological polar surface area (TPSA) is 148 Å². The van der Waals surface area contributed by atoms with Crippen LogP contribution in [0, 0.1) is 0 Å². The van der Waals surface area contributed by atoms with E-state index in [2.05, 4.69) is 16.0 Å². The molecule has 200 valence electrons. The summed E-state index contributed by atoms with van der Waals surface area (Å²) in [6, 6.07) is 0. The normalized spacial score (nSPS) is 10.3. The highest BCUT2D eigenvalue weighted by atomic mass is 16.2. The Bertz CT molecular complexity index is 773. The van der Waals surface area contributed by atoms with E-state index < -0.39 is 23.6 Å². The Hall–Kier alpha value is -2.83. The summed E-state index contributed by atoms with van der Waals surface area (Å²) >= 11 is 0. The van der Waals surface area contributed by atoms with Crippen LogP contribution in [0.5, 0.6) is 0 Å². The number of likely N-dealkylation sites (N-methyl/N-ethyl adjacent to an activating group) is 1. The molecule has 0 saturated heterocycles. The molecule has 0 aliphatic carbocycles. The van der Waals surface area contributed by atoms with Gasteiger partial charge in [-0.3, -0.25) is 28.8 Å². The molecule has 37 heavy (non-hydrogen) atoms. The monoisotopic (exact) mass is 514 g/mol. The Kier molecular flexibility index (Phi) is 18.7. The molecule has 5 amide bonds. The van der Waals surface area contributed by atoms with Crippen LogP contribution in [0.25, 0.3) is 0 Å². The zero-order valence-electron chi connectivity index (χ0n) is 21.9. The number of nitrogens with one attached hydrogen (secondary N) is 3. The highest BCUT2D eigenvalue weighted by molar-refractivity contribution is 6.20. The molecular weight excluding hydrogens is 477 g/mol. The smallest absolute Gasteiger partial charge is 0.239 e. The minimum absolute atomic E-state index is 0.0141. The van der Waals surface area contributed by atoms with Crippen LogP contribution in [0.15, 0.2) is 0 Å². The number of rotatable bonds is 20. The Morgan fingerprint density at radius 3 is 1.32 bits per heavy atom. The van der Waals surface area contributed by atoms with Crippen molar-refractivity contribution in [2.24, 2.45) is 0 Å². The first-order valence-electron chi connectivity index (χ1n) is 12.3. The number of carbonyl (C=O) groups excluding carboxylic acids is 6. The van der Waals surface area contributed by atoms with E-state index in [0.29, 0.717) is 13.1 Å². The highest BCUT2D eigenvalue weighted by Crippen LogP contribution is 1.97. The summed E-state index contributed by atoms with van der Waals surface area (Å²) in [5.74, 6) is -2.35. The molecule has 0 unspecified atom stereocenters. The second-order valence-electron chi connectivity index (χ2n) is 8.00. The van der Waals surface area contributed by atoms with Crippen LogP contribution in [0.4, 0.5) is 0 Å². The van der Waals surface area contributed by atoms with Gasteiger partial charge < -0.3 is 30.7 Å². The van der Waals surface area contributed by atoms with Crippen molar-refractivity contribution in [3.8, 4) is 0 Å². The molecule has 6 radical (unpaired) electrons. The molecule has 0 atom stereocenters. The quantitative estimate of drug-likeness (QED) is 0.116. The Morgan fingerprint density at radius 1 is 0.595 bits per heavy atom. The number of nitrogens with zero attached hydrogens (tertiary/aromatic N) is 3. The molecule has 3 N–H and O–H groups in total. The first-order valence-corrected chi connectivity index (χ1v) is 12.3. The maximum absolute atomic E-state index is 12.4. The van der Waals surface area contributed by atoms with Crippen LogP contribution in [-0.2, 0) is 28.8 Å². The maximum Gasteiger partial charge on any atom is 0.239 e. The Labute approximate surface area is 223 Å². The summed E-state index contributed by atoms with van der Waals surface area (Å²) < 4.78 is 0. The predicted octanol–water partition coefficient (Wildman–Crippen LogP) is -2.95. The third-order valence-electron chi connectivity index (χ3n) is 5.23. The third-order valence-corrected chi connectivity index (χ3v) is 5.23. The van der Waals surface area contributed by atoms with E-state index in [1.807, 2.05) is 6.92 Å². The van der Waals surface area contributed by atoms with Gasteiger partial charge >= 0.3 is 0 Å². The van der Waals surface area contributed by atoms with Gasteiger partial charge in [0.25, 0.3) is 0 Å². The van der Waals surface area contributed by atoms with E-state index in [1.165, 1.54) is 14.7 Å². The van der Waals surface area contributed by atoms with Gasteiger partial charge in [-0.25, -0.2) is 0 Å². The Balaban J connectivity index is 4.74. The molecule has 0 heterocycles. The van der Waals surface area contributed by atoms with Crippen molar-refractivity contribution in [3.63, 3.8) is 0 Å². The average molecular weight is 514 g/mol. The first kappa shape index (κ1) is 34.2. The van der Waals surface area contributed by atoms with Gasteiger partial charge in [0.1, 0.15) is 0 Å². The van der Waals surface area contributed by atoms with E-state index in [0.717, 1.165) is 6.54 Å². The summed E-state index contributed by atoms with van der Waals surface area (Å²) in [4.78, 5) is 76.2. The maximum atomic E-state index is 12.4. The molecule has 0 fully saturated rings. The molecule has 0 spiro atoms. The molecule has 0 aromatic carbocycles. The number of hydrogen-bond acceptors (Lipinski definition) is 7. The number of hydrogen-bond donors (Lipinski definition) is 3. The van der Waals surface area contributed by atoms with Crippen molar-refractivity contribution < 1.29 is 28.8 Å². The zero-order valence-corrected chi connectivity index (χ0v) is 21.9. The second-order valence-corrected chi connectivity index (χ2v) is 8.00. The highest BCUT2D eigenvalue weighted by Gasteiger charge is 2.19. The fraction of sp³-hybridized carbons (Fsp3) is 0.727. The van der Waals surface area contributed by atoms with Crippen LogP contribution < -0.4 is 16.0 Å². The lowest BCUT2D eigenvalue weighted by molar-refractivity contribution is -0.135. The van der Waals surface area contributed by atoms with Gasteiger partial charge in [0.05, 0.1) is 43.2 Å². The van der Waals surface area contributed by atoms with E-state index >= 15 is 0 Å².